The van der Waals surface area contributed by atoms with Crippen LogP contribution >= 0.6 is 0 Å². The first-order valence-electron chi connectivity index (χ1n) is 7.67. The van der Waals surface area contributed by atoms with Gasteiger partial charge in [0, 0.05) is 31.2 Å². The van der Waals surface area contributed by atoms with E-state index in [9.17, 15) is 0 Å². The number of nitrogens with one attached hydrogen (secondary N) is 1. The summed E-state index contributed by atoms with van der Waals surface area (Å²) in [6, 6.07) is 8.45. The Morgan fingerprint density at radius 3 is 2.95 bits per heavy atom. The first-order chi connectivity index (χ1) is 9.79. The molecule has 0 aromatic heterocycles. The van der Waals surface area contributed by atoms with Gasteiger partial charge in [0.15, 0.2) is 11.5 Å². The molecule has 4 heteroatoms. The molecule has 0 amide bonds. The van der Waals surface area contributed by atoms with Crippen molar-refractivity contribution in [3.05, 3.63) is 23.8 Å². The predicted molar refractivity (Wildman–Crippen MR) is 77.0 cm³/mol. The molecule has 2 atom stereocenters. The Hall–Kier alpha value is -1.26. The number of likely N-dealkylation sites (tertiary alicyclic amines) is 1. The van der Waals surface area contributed by atoms with E-state index in [-0.39, 0.29) is 0 Å². The number of nitrogens with zero attached hydrogens (tertiary/aromatic N) is 1. The highest BCUT2D eigenvalue weighted by molar-refractivity contribution is 5.44. The molecule has 108 valence electrons. The van der Waals surface area contributed by atoms with E-state index in [2.05, 4.69) is 29.3 Å². The van der Waals surface area contributed by atoms with Crippen molar-refractivity contribution < 1.29 is 9.47 Å². The van der Waals surface area contributed by atoms with Crippen LogP contribution in [0.2, 0.25) is 0 Å². The lowest BCUT2D eigenvalue weighted by atomic mass is 10.1. The fraction of sp³-hybridized carbons (Fsp3) is 0.625. The summed E-state index contributed by atoms with van der Waals surface area (Å²) >= 11 is 0. The Balaban J connectivity index is 1.34. The minimum absolute atomic E-state index is 0.350. The van der Waals surface area contributed by atoms with Gasteiger partial charge < -0.3 is 14.8 Å². The molecule has 0 spiro atoms. The summed E-state index contributed by atoms with van der Waals surface area (Å²) in [5, 5.41) is 3.69. The SMILES string of the molecule is CC1CC(NCc2ccc3c(c2)OCO3)CN1C1CC1. The maximum absolute atomic E-state index is 5.43. The molecule has 2 heterocycles. The average Bonchev–Trinajstić information content (AvgIpc) is 3.06. The van der Waals surface area contributed by atoms with Crippen LogP contribution in [-0.4, -0.2) is 36.4 Å². The van der Waals surface area contributed by atoms with Crippen LogP contribution in [0.25, 0.3) is 0 Å². The maximum Gasteiger partial charge on any atom is 0.231 e. The van der Waals surface area contributed by atoms with Gasteiger partial charge in [-0.2, -0.15) is 0 Å². The van der Waals surface area contributed by atoms with Gasteiger partial charge in [0.05, 0.1) is 0 Å². The lowest BCUT2D eigenvalue weighted by Crippen LogP contribution is -2.33. The molecule has 2 fully saturated rings. The second kappa shape index (κ2) is 4.93. The summed E-state index contributed by atoms with van der Waals surface area (Å²) in [5.41, 5.74) is 1.27. The van der Waals surface area contributed by atoms with Crippen molar-refractivity contribution in [2.24, 2.45) is 0 Å². The highest BCUT2D eigenvalue weighted by atomic mass is 16.7. The molecule has 20 heavy (non-hydrogen) atoms. The quantitative estimate of drug-likeness (QED) is 0.912. The molecule has 1 aromatic carbocycles. The Morgan fingerprint density at radius 2 is 2.10 bits per heavy atom. The number of ether oxygens (including phenoxy) is 2. The highest BCUT2D eigenvalue weighted by Crippen LogP contribution is 2.34. The van der Waals surface area contributed by atoms with Crippen LogP contribution in [0, 0.1) is 0 Å². The summed E-state index contributed by atoms with van der Waals surface area (Å²) in [6.07, 6.45) is 4.07. The molecule has 1 aliphatic carbocycles. The van der Waals surface area contributed by atoms with Gasteiger partial charge in [0.25, 0.3) is 0 Å². The van der Waals surface area contributed by atoms with Crippen molar-refractivity contribution in [1.82, 2.24) is 10.2 Å². The minimum Gasteiger partial charge on any atom is -0.454 e. The molecule has 1 saturated heterocycles. The van der Waals surface area contributed by atoms with Crippen LogP contribution in [0.5, 0.6) is 11.5 Å². The van der Waals surface area contributed by atoms with E-state index in [1.54, 1.807) is 0 Å². The monoisotopic (exact) mass is 274 g/mol. The van der Waals surface area contributed by atoms with Gasteiger partial charge in [-0.1, -0.05) is 6.07 Å². The minimum atomic E-state index is 0.350. The molecule has 0 radical (unpaired) electrons. The highest BCUT2D eigenvalue weighted by Gasteiger charge is 2.38. The Kier molecular flexibility index (Phi) is 3.08. The average molecular weight is 274 g/mol. The van der Waals surface area contributed by atoms with Crippen molar-refractivity contribution in [2.75, 3.05) is 13.3 Å². The zero-order chi connectivity index (χ0) is 13.5. The number of fused-ring (bicyclic) bond motifs is 1. The van der Waals surface area contributed by atoms with E-state index in [1.165, 1.54) is 31.4 Å². The van der Waals surface area contributed by atoms with E-state index in [4.69, 9.17) is 9.47 Å². The number of benzene rings is 1. The summed E-state index contributed by atoms with van der Waals surface area (Å²) in [5.74, 6) is 1.74. The molecular weight excluding hydrogens is 252 g/mol. The van der Waals surface area contributed by atoms with E-state index < -0.39 is 0 Å². The molecule has 4 rings (SSSR count). The van der Waals surface area contributed by atoms with Crippen LogP contribution in [0.3, 0.4) is 0 Å². The van der Waals surface area contributed by atoms with Crippen LogP contribution in [-0.2, 0) is 6.54 Å². The van der Waals surface area contributed by atoms with Crippen molar-refractivity contribution in [1.29, 1.82) is 0 Å². The summed E-state index contributed by atoms with van der Waals surface area (Å²) in [4.78, 5) is 2.68. The van der Waals surface area contributed by atoms with Crippen molar-refractivity contribution >= 4 is 0 Å². The van der Waals surface area contributed by atoms with Gasteiger partial charge in [-0.05, 0) is 43.9 Å². The predicted octanol–water partition coefficient (Wildman–Crippen LogP) is 2.13. The van der Waals surface area contributed by atoms with E-state index >= 15 is 0 Å². The third-order valence-electron chi connectivity index (χ3n) is 4.67. The zero-order valence-electron chi connectivity index (χ0n) is 12.0. The molecule has 0 bridgehead atoms. The Bertz CT molecular complexity index is 501. The van der Waals surface area contributed by atoms with Gasteiger partial charge in [-0.3, -0.25) is 4.90 Å². The summed E-state index contributed by atoms with van der Waals surface area (Å²) in [7, 11) is 0. The normalized spacial score (nSPS) is 29.1. The molecule has 4 nitrogen and oxygen atoms in total. The van der Waals surface area contributed by atoms with Crippen LogP contribution in [0.4, 0.5) is 0 Å². The number of hydrogen-bond acceptors (Lipinski definition) is 4. The largest absolute Gasteiger partial charge is 0.454 e. The van der Waals surface area contributed by atoms with Crippen molar-refractivity contribution in [3.63, 3.8) is 0 Å². The lowest BCUT2D eigenvalue weighted by Gasteiger charge is -2.19. The summed E-state index contributed by atoms with van der Waals surface area (Å²) in [6.45, 7) is 4.83. The first kappa shape index (κ1) is 12.5. The van der Waals surface area contributed by atoms with Gasteiger partial charge in [0.1, 0.15) is 0 Å². The third-order valence-corrected chi connectivity index (χ3v) is 4.67. The van der Waals surface area contributed by atoms with E-state index in [1.807, 2.05) is 6.07 Å². The lowest BCUT2D eigenvalue weighted by molar-refractivity contribution is 0.174. The van der Waals surface area contributed by atoms with Gasteiger partial charge >= 0.3 is 0 Å². The summed E-state index contributed by atoms with van der Waals surface area (Å²) < 4.78 is 10.8. The van der Waals surface area contributed by atoms with E-state index in [0.717, 1.165) is 30.1 Å². The maximum atomic E-state index is 5.43. The fourth-order valence-electron chi connectivity index (χ4n) is 3.43. The van der Waals surface area contributed by atoms with Crippen LogP contribution in [0.15, 0.2) is 18.2 Å². The van der Waals surface area contributed by atoms with E-state index in [0.29, 0.717) is 12.8 Å². The van der Waals surface area contributed by atoms with Gasteiger partial charge in [-0.25, -0.2) is 0 Å². The molecule has 2 unspecified atom stereocenters. The third kappa shape index (κ3) is 2.38. The molecule has 1 N–H and O–H groups in total. The zero-order valence-corrected chi connectivity index (χ0v) is 12.0. The molecule has 3 aliphatic rings. The Labute approximate surface area is 120 Å². The molecule has 2 aliphatic heterocycles. The smallest absolute Gasteiger partial charge is 0.231 e. The topological polar surface area (TPSA) is 33.7 Å². The number of hydrogen-bond donors (Lipinski definition) is 1. The van der Waals surface area contributed by atoms with Crippen molar-refractivity contribution in [3.8, 4) is 11.5 Å². The van der Waals surface area contributed by atoms with Crippen LogP contribution in [0.1, 0.15) is 31.7 Å². The second-order valence-corrected chi connectivity index (χ2v) is 6.28. The van der Waals surface area contributed by atoms with Gasteiger partial charge in [-0.15, -0.1) is 0 Å². The van der Waals surface area contributed by atoms with Crippen molar-refractivity contribution in [2.45, 2.75) is 50.9 Å². The van der Waals surface area contributed by atoms with Gasteiger partial charge in [0.2, 0.25) is 6.79 Å². The number of rotatable bonds is 4. The molecular formula is C16H22N2O2. The standard InChI is InChI=1S/C16H22N2O2/c1-11-6-13(9-18(11)14-3-4-14)17-8-12-2-5-15-16(7-12)20-10-19-15/h2,5,7,11,13-14,17H,3-4,6,8-10H2,1H3. The molecule has 1 aromatic rings. The fourth-order valence-corrected chi connectivity index (χ4v) is 3.43. The van der Waals surface area contributed by atoms with Crippen LogP contribution < -0.4 is 14.8 Å². The Morgan fingerprint density at radius 1 is 1.25 bits per heavy atom. The molecule has 1 saturated carbocycles. The second-order valence-electron chi connectivity index (χ2n) is 6.28. The first-order valence-corrected chi connectivity index (χ1v) is 7.67.